The van der Waals surface area contributed by atoms with Crippen molar-refractivity contribution in [1.82, 2.24) is 10.1 Å². The van der Waals surface area contributed by atoms with E-state index in [1.165, 1.54) is 19.3 Å². The topological polar surface area (TPSA) is 74.2 Å². The standard InChI is InChI=1S/C15H27N3O2/c1-4-10-19-11-15(3,16)12-17-13(20-18-12)14(2)8-6-5-7-9-14/h4-11,16H2,1-3H3. The van der Waals surface area contributed by atoms with Crippen molar-refractivity contribution in [1.29, 1.82) is 0 Å². The number of hydrogen-bond acceptors (Lipinski definition) is 5. The number of hydrogen-bond donors (Lipinski definition) is 1. The van der Waals surface area contributed by atoms with Crippen molar-refractivity contribution in [3.63, 3.8) is 0 Å². The monoisotopic (exact) mass is 281 g/mol. The average molecular weight is 281 g/mol. The van der Waals surface area contributed by atoms with Gasteiger partial charge in [0.25, 0.3) is 0 Å². The molecule has 0 saturated heterocycles. The summed E-state index contributed by atoms with van der Waals surface area (Å²) >= 11 is 0. The number of aromatic nitrogens is 2. The van der Waals surface area contributed by atoms with E-state index in [9.17, 15) is 0 Å². The molecule has 0 radical (unpaired) electrons. The summed E-state index contributed by atoms with van der Waals surface area (Å²) in [6.07, 6.45) is 6.97. The molecule has 0 aromatic carbocycles. The van der Waals surface area contributed by atoms with Gasteiger partial charge in [-0.15, -0.1) is 0 Å². The van der Waals surface area contributed by atoms with Gasteiger partial charge in [-0.25, -0.2) is 0 Å². The molecule has 1 aliphatic carbocycles. The second-order valence-corrected chi connectivity index (χ2v) is 6.51. The summed E-state index contributed by atoms with van der Waals surface area (Å²) in [7, 11) is 0. The lowest BCUT2D eigenvalue weighted by Crippen LogP contribution is -2.39. The molecule has 0 amide bonds. The van der Waals surface area contributed by atoms with Gasteiger partial charge < -0.3 is 15.0 Å². The first-order valence-corrected chi connectivity index (χ1v) is 7.69. The Morgan fingerprint density at radius 2 is 2.05 bits per heavy atom. The summed E-state index contributed by atoms with van der Waals surface area (Å²) in [6.45, 7) is 7.29. The number of nitrogens with two attached hydrogens (primary N) is 1. The molecular formula is C15H27N3O2. The van der Waals surface area contributed by atoms with Crippen LogP contribution in [0.3, 0.4) is 0 Å². The normalized spacial score (nSPS) is 21.6. The van der Waals surface area contributed by atoms with Crippen LogP contribution in [0.25, 0.3) is 0 Å². The number of rotatable bonds is 6. The molecule has 0 spiro atoms. The number of ether oxygens (including phenoxy) is 1. The van der Waals surface area contributed by atoms with Crippen LogP contribution in [0.5, 0.6) is 0 Å². The summed E-state index contributed by atoms with van der Waals surface area (Å²) in [4.78, 5) is 4.57. The molecule has 114 valence electrons. The second-order valence-electron chi connectivity index (χ2n) is 6.51. The zero-order valence-electron chi connectivity index (χ0n) is 12.9. The highest BCUT2D eigenvalue weighted by atomic mass is 16.5. The molecule has 1 saturated carbocycles. The van der Waals surface area contributed by atoms with Crippen LogP contribution in [0, 0.1) is 0 Å². The zero-order valence-corrected chi connectivity index (χ0v) is 12.9. The molecule has 1 aliphatic rings. The molecule has 1 fully saturated rings. The van der Waals surface area contributed by atoms with Crippen LogP contribution in [-0.4, -0.2) is 23.4 Å². The molecule has 5 nitrogen and oxygen atoms in total. The van der Waals surface area contributed by atoms with E-state index < -0.39 is 5.54 Å². The summed E-state index contributed by atoms with van der Waals surface area (Å²) in [5, 5.41) is 4.10. The van der Waals surface area contributed by atoms with Crippen molar-refractivity contribution in [2.24, 2.45) is 5.73 Å². The average Bonchev–Trinajstić information content (AvgIpc) is 2.91. The van der Waals surface area contributed by atoms with Gasteiger partial charge in [0.05, 0.1) is 6.61 Å². The molecule has 2 rings (SSSR count). The zero-order chi connectivity index (χ0) is 14.6. The molecule has 1 atom stereocenters. The quantitative estimate of drug-likeness (QED) is 0.811. The Morgan fingerprint density at radius 3 is 2.70 bits per heavy atom. The lowest BCUT2D eigenvalue weighted by molar-refractivity contribution is 0.0867. The smallest absolute Gasteiger partial charge is 0.232 e. The largest absolute Gasteiger partial charge is 0.379 e. The van der Waals surface area contributed by atoms with E-state index in [4.69, 9.17) is 15.0 Å². The van der Waals surface area contributed by atoms with Crippen LogP contribution < -0.4 is 5.73 Å². The highest BCUT2D eigenvalue weighted by molar-refractivity contribution is 5.09. The fourth-order valence-corrected chi connectivity index (χ4v) is 2.74. The molecular weight excluding hydrogens is 254 g/mol. The molecule has 1 unspecified atom stereocenters. The van der Waals surface area contributed by atoms with E-state index in [-0.39, 0.29) is 5.41 Å². The second kappa shape index (κ2) is 6.22. The van der Waals surface area contributed by atoms with Crippen LogP contribution >= 0.6 is 0 Å². The molecule has 0 aliphatic heterocycles. The minimum Gasteiger partial charge on any atom is -0.379 e. The predicted octanol–water partition coefficient (Wildman–Crippen LogP) is 2.89. The highest BCUT2D eigenvalue weighted by Gasteiger charge is 2.36. The van der Waals surface area contributed by atoms with Crippen LogP contribution in [0.15, 0.2) is 4.52 Å². The van der Waals surface area contributed by atoms with E-state index in [1.807, 2.05) is 6.92 Å². The Kier molecular flexibility index (Phi) is 4.81. The summed E-state index contributed by atoms with van der Waals surface area (Å²) in [5.41, 5.74) is 5.58. The predicted molar refractivity (Wildman–Crippen MR) is 77.4 cm³/mol. The van der Waals surface area contributed by atoms with Gasteiger partial charge in [-0.05, 0) is 26.2 Å². The van der Waals surface area contributed by atoms with Crippen molar-refractivity contribution in [3.8, 4) is 0 Å². The minimum atomic E-state index is -0.693. The van der Waals surface area contributed by atoms with Gasteiger partial charge in [-0.1, -0.05) is 38.3 Å². The van der Waals surface area contributed by atoms with E-state index in [0.717, 1.165) is 25.2 Å². The van der Waals surface area contributed by atoms with Gasteiger partial charge in [0.15, 0.2) is 5.82 Å². The summed E-state index contributed by atoms with van der Waals surface area (Å²) in [5.74, 6) is 1.29. The number of nitrogens with zero attached hydrogens (tertiary/aromatic N) is 2. The SMILES string of the molecule is CCCOCC(C)(N)c1noc(C2(C)CCCCC2)n1. The van der Waals surface area contributed by atoms with E-state index >= 15 is 0 Å². The molecule has 1 aromatic heterocycles. The third-order valence-electron chi connectivity index (χ3n) is 4.16. The molecule has 20 heavy (non-hydrogen) atoms. The van der Waals surface area contributed by atoms with Gasteiger partial charge in [-0.3, -0.25) is 0 Å². The van der Waals surface area contributed by atoms with Gasteiger partial charge >= 0.3 is 0 Å². The van der Waals surface area contributed by atoms with E-state index in [1.54, 1.807) is 0 Å². The van der Waals surface area contributed by atoms with Crippen LogP contribution in [0.1, 0.15) is 71.0 Å². The molecule has 5 heteroatoms. The van der Waals surface area contributed by atoms with Crippen molar-refractivity contribution >= 4 is 0 Å². The van der Waals surface area contributed by atoms with Crippen LogP contribution in [0.4, 0.5) is 0 Å². The van der Waals surface area contributed by atoms with E-state index in [0.29, 0.717) is 19.0 Å². The lowest BCUT2D eigenvalue weighted by atomic mass is 9.75. The van der Waals surface area contributed by atoms with E-state index in [2.05, 4.69) is 24.0 Å². The maximum absolute atomic E-state index is 6.25. The first-order valence-electron chi connectivity index (χ1n) is 7.69. The highest BCUT2D eigenvalue weighted by Crippen LogP contribution is 2.38. The van der Waals surface area contributed by atoms with Crippen LogP contribution in [0.2, 0.25) is 0 Å². The molecule has 1 aromatic rings. The fourth-order valence-electron chi connectivity index (χ4n) is 2.74. The molecule has 1 heterocycles. The third-order valence-corrected chi connectivity index (χ3v) is 4.16. The Morgan fingerprint density at radius 1 is 1.35 bits per heavy atom. The molecule has 0 bridgehead atoms. The van der Waals surface area contributed by atoms with Crippen molar-refractivity contribution < 1.29 is 9.26 Å². The third kappa shape index (κ3) is 3.38. The Bertz CT molecular complexity index is 423. The summed E-state index contributed by atoms with van der Waals surface area (Å²) in [6, 6.07) is 0. The van der Waals surface area contributed by atoms with Crippen molar-refractivity contribution in [2.75, 3.05) is 13.2 Å². The van der Waals surface area contributed by atoms with Gasteiger partial charge in [-0.2, -0.15) is 4.98 Å². The Labute approximate surface area is 121 Å². The Balaban J connectivity index is 2.07. The molecule has 2 N–H and O–H groups in total. The maximum Gasteiger partial charge on any atom is 0.232 e. The van der Waals surface area contributed by atoms with Crippen LogP contribution in [-0.2, 0) is 15.7 Å². The van der Waals surface area contributed by atoms with Crippen molar-refractivity contribution in [2.45, 2.75) is 70.3 Å². The fraction of sp³-hybridized carbons (Fsp3) is 0.867. The summed E-state index contributed by atoms with van der Waals surface area (Å²) < 4.78 is 11.0. The Hall–Kier alpha value is -0.940. The first kappa shape index (κ1) is 15.4. The maximum atomic E-state index is 6.25. The lowest BCUT2D eigenvalue weighted by Gasteiger charge is -2.29. The van der Waals surface area contributed by atoms with Gasteiger partial charge in [0, 0.05) is 12.0 Å². The first-order chi connectivity index (χ1) is 9.48. The minimum absolute atomic E-state index is 0.0177. The van der Waals surface area contributed by atoms with Crippen molar-refractivity contribution in [3.05, 3.63) is 11.7 Å². The van der Waals surface area contributed by atoms with Gasteiger partial charge in [0.1, 0.15) is 5.54 Å². The van der Waals surface area contributed by atoms with Gasteiger partial charge in [0.2, 0.25) is 5.89 Å².